The van der Waals surface area contributed by atoms with Gasteiger partial charge < -0.3 is 39.6 Å². The minimum Gasteiger partial charge on any atom is -0.681 e. The second-order valence-electron chi connectivity index (χ2n) is 12.9. The van der Waals surface area contributed by atoms with Crippen LogP contribution < -0.4 is 36.2 Å². The summed E-state index contributed by atoms with van der Waals surface area (Å²) in [4.78, 5) is 28.7. The molecule has 0 aromatic carbocycles. The SMILES string of the molecule is C=Cc1c2[n-]c(c1C)/C=C1\[N-]C(C3=c4[n-]c(c(C)c4=C(O)[C@@H]3C(=O)OC)/C=c3\[n-]/c(c(C)c3CC)=C/2)[C@@H](CC[C@]2(OC)CO2)[C@@H]1C.[Mg+2]. The molecule has 3 aliphatic heterocycles. The molecule has 4 aliphatic rings. The minimum atomic E-state index is -0.991. The Morgan fingerprint density at radius 1 is 1.06 bits per heavy atom. The number of epoxide rings is 1. The number of aliphatic hydroxyl groups is 1. The molecule has 5 atom stereocenters. The van der Waals surface area contributed by atoms with E-state index < -0.39 is 23.7 Å². The fraction of sp³-hybridized carbons (Fsp3) is 0.432. The number of aliphatic hydroxyl groups excluding tert-OH is 1. The zero-order valence-corrected chi connectivity index (χ0v) is 29.6. The Kier molecular flexibility index (Phi) is 8.70. The number of hydrogen-bond donors (Lipinski definition) is 1. The molecule has 1 unspecified atom stereocenters. The molecular weight excluding hydrogens is 605 g/mol. The first-order valence-corrected chi connectivity index (χ1v) is 16.0. The van der Waals surface area contributed by atoms with Crippen molar-refractivity contribution in [2.75, 3.05) is 20.8 Å². The molecule has 8 bridgehead atoms. The van der Waals surface area contributed by atoms with Crippen molar-refractivity contribution in [1.29, 1.82) is 0 Å². The van der Waals surface area contributed by atoms with Crippen molar-refractivity contribution in [3.8, 4) is 0 Å². The smallest absolute Gasteiger partial charge is 0.681 e. The Morgan fingerprint density at radius 3 is 2.40 bits per heavy atom. The number of allylic oxidation sites excluding steroid dienone is 1. The summed E-state index contributed by atoms with van der Waals surface area (Å²) in [7, 11) is 3.02. The van der Waals surface area contributed by atoms with Crippen LogP contribution >= 0.6 is 0 Å². The molecule has 6 heterocycles. The molecule has 2 saturated heterocycles. The Hall–Kier alpha value is -3.44. The van der Waals surface area contributed by atoms with Crippen molar-refractivity contribution in [3.05, 3.63) is 83.8 Å². The standard InChI is InChI=1S/C37H40N4O5.Mg/c1-9-21-17(3)24-13-26-19(5)23(11-12-37(45-8)16-46-37)33(40-26)31-32(36(43)44-7)35(42)30-20(6)27(41-34(30)31)15-29-22(10-2)18(4)25(39-29)14-28(21)38-24;/h9,13-15,19,23,32-33,42H,1,10-12,16H2,2-8H3;/q-4;+2/b25-14+,26-13-,29-15-;/t19-,23-,32+,33?,37+;/m0./s1. The van der Waals surface area contributed by atoms with E-state index >= 15 is 0 Å². The van der Waals surface area contributed by atoms with Crippen LogP contribution in [0.2, 0.25) is 0 Å². The van der Waals surface area contributed by atoms with Gasteiger partial charge in [-0.3, -0.25) is 4.79 Å². The first-order chi connectivity index (χ1) is 22.1. The van der Waals surface area contributed by atoms with Gasteiger partial charge in [0.05, 0.1) is 7.11 Å². The zero-order chi connectivity index (χ0) is 32.7. The number of hydrogen-bond acceptors (Lipinski definition) is 5. The van der Waals surface area contributed by atoms with Crippen molar-refractivity contribution in [2.24, 2.45) is 17.8 Å². The van der Waals surface area contributed by atoms with Gasteiger partial charge in [0.1, 0.15) is 18.3 Å². The van der Waals surface area contributed by atoms with E-state index in [0.717, 1.165) is 68.4 Å². The maximum Gasteiger partial charge on any atom is 2.00 e. The molecule has 0 radical (unpaired) electrons. The third-order valence-electron chi connectivity index (χ3n) is 10.7. The molecule has 242 valence electrons. The van der Waals surface area contributed by atoms with Gasteiger partial charge in [-0.1, -0.05) is 78.6 Å². The van der Waals surface area contributed by atoms with Crippen LogP contribution in [0.4, 0.5) is 0 Å². The summed E-state index contributed by atoms with van der Waals surface area (Å²) in [6.07, 6.45) is 10.2. The molecule has 47 heavy (non-hydrogen) atoms. The monoisotopic (exact) mass is 644 g/mol. The van der Waals surface area contributed by atoms with Crippen LogP contribution in [-0.4, -0.2) is 66.8 Å². The third kappa shape index (κ3) is 5.15. The van der Waals surface area contributed by atoms with Crippen molar-refractivity contribution < 1.29 is 24.1 Å². The van der Waals surface area contributed by atoms with Crippen molar-refractivity contribution in [1.82, 2.24) is 15.0 Å². The van der Waals surface area contributed by atoms with Gasteiger partial charge in [0.15, 0.2) is 5.79 Å². The van der Waals surface area contributed by atoms with Crippen LogP contribution in [0.3, 0.4) is 0 Å². The summed E-state index contributed by atoms with van der Waals surface area (Å²) in [5, 5.41) is 19.9. The zero-order valence-electron chi connectivity index (χ0n) is 28.2. The topological polar surface area (TPSA) is 125 Å². The van der Waals surface area contributed by atoms with Crippen LogP contribution in [0, 0.1) is 38.5 Å². The van der Waals surface area contributed by atoms with E-state index in [1.54, 1.807) is 7.11 Å². The Balaban J connectivity index is 0.00000386. The predicted molar refractivity (Wildman–Crippen MR) is 182 cm³/mol. The molecule has 1 aliphatic carbocycles. The number of esters is 1. The minimum absolute atomic E-state index is 0. The second kappa shape index (κ2) is 12.2. The molecule has 0 amide bonds. The third-order valence-corrected chi connectivity index (χ3v) is 10.7. The normalized spacial score (nSPS) is 27.9. The van der Waals surface area contributed by atoms with Gasteiger partial charge in [-0.2, -0.15) is 5.70 Å². The summed E-state index contributed by atoms with van der Waals surface area (Å²) >= 11 is 0. The van der Waals surface area contributed by atoms with E-state index in [1.165, 1.54) is 7.11 Å². The van der Waals surface area contributed by atoms with Gasteiger partial charge in [-0.05, 0) is 51.0 Å². The summed E-state index contributed by atoms with van der Waals surface area (Å²) in [6.45, 7) is 15.0. The van der Waals surface area contributed by atoms with Crippen molar-refractivity contribution >= 4 is 64.7 Å². The first-order valence-electron chi connectivity index (χ1n) is 16.0. The van der Waals surface area contributed by atoms with Crippen LogP contribution in [0.5, 0.6) is 0 Å². The molecule has 1 N–H and O–H groups in total. The number of rotatable bonds is 7. The molecule has 0 saturated carbocycles. The largest absolute Gasteiger partial charge is 2.00 e. The van der Waals surface area contributed by atoms with Gasteiger partial charge in [0.2, 0.25) is 0 Å². The number of ether oxygens (including phenoxy) is 3. The summed E-state index contributed by atoms with van der Waals surface area (Å²) in [5.74, 6) is -2.15. The average Bonchev–Trinajstić information content (AvgIpc) is 3.18. The molecular formula is C37H40MgN4O5-2. The summed E-state index contributed by atoms with van der Waals surface area (Å²) in [6, 6.07) is -0.436. The number of carbonyl (C=O) groups excluding carboxylic acids is 1. The van der Waals surface area contributed by atoms with Crippen LogP contribution in [0.1, 0.15) is 71.6 Å². The molecule has 0 spiro atoms. The Bertz CT molecular complexity index is 2080. The van der Waals surface area contributed by atoms with E-state index in [4.69, 9.17) is 34.5 Å². The van der Waals surface area contributed by atoms with Crippen LogP contribution in [0.15, 0.2) is 12.3 Å². The average molecular weight is 645 g/mol. The molecule has 7 rings (SSSR count). The molecule has 10 heteroatoms. The molecule has 3 aromatic heterocycles. The van der Waals surface area contributed by atoms with Crippen molar-refractivity contribution in [3.63, 3.8) is 0 Å². The fourth-order valence-corrected chi connectivity index (χ4v) is 7.74. The molecule has 9 nitrogen and oxygen atoms in total. The number of methoxy groups -OCH3 is 2. The van der Waals surface area contributed by atoms with Crippen molar-refractivity contribution in [2.45, 2.75) is 65.7 Å². The van der Waals surface area contributed by atoms with E-state index in [1.807, 2.05) is 25.2 Å². The Morgan fingerprint density at radius 2 is 1.77 bits per heavy atom. The maximum atomic E-state index is 13.4. The van der Waals surface area contributed by atoms with Gasteiger partial charge in [-0.25, -0.2) is 0 Å². The van der Waals surface area contributed by atoms with E-state index in [9.17, 15) is 9.90 Å². The van der Waals surface area contributed by atoms with Crippen LogP contribution in [-0.2, 0) is 25.4 Å². The Labute approximate surface area is 290 Å². The number of aromatic nitrogens is 3. The summed E-state index contributed by atoms with van der Waals surface area (Å²) < 4.78 is 16.6. The number of carbonyl (C=O) groups is 1. The van der Waals surface area contributed by atoms with Gasteiger partial charge in [0, 0.05) is 18.7 Å². The fourth-order valence-electron chi connectivity index (χ4n) is 7.74. The number of nitrogens with zero attached hydrogens (tertiary/aromatic N) is 4. The van der Waals surface area contributed by atoms with E-state index in [2.05, 4.69) is 40.3 Å². The van der Waals surface area contributed by atoms with Gasteiger partial charge in [-0.15, -0.1) is 33.1 Å². The van der Waals surface area contributed by atoms with Gasteiger partial charge in [0.25, 0.3) is 0 Å². The van der Waals surface area contributed by atoms with Gasteiger partial charge >= 0.3 is 29.0 Å². The van der Waals surface area contributed by atoms with Crippen LogP contribution in [0.25, 0.3) is 41.0 Å². The molecule has 2 fully saturated rings. The van der Waals surface area contributed by atoms with E-state index in [-0.39, 0.29) is 40.6 Å². The predicted octanol–water partition coefficient (Wildman–Crippen LogP) is 2.10. The number of fused-ring (bicyclic) bond motifs is 8. The first kappa shape index (κ1) is 33.5. The molecule has 3 aromatic rings. The maximum absolute atomic E-state index is 13.4. The van der Waals surface area contributed by atoms with E-state index in [0.29, 0.717) is 34.9 Å². The summed E-state index contributed by atoms with van der Waals surface area (Å²) in [5.41, 5.74) is 8.91. The second-order valence-corrected chi connectivity index (χ2v) is 12.9. The quantitative estimate of drug-likeness (QED) is 0.236.